The van der Waals surface area contributed by atoms with Gasteiger partial charge in [-0.2, -0.15) is 0 Å². The fourth-order valence-corrected chi connectivity index (χ4v) is 3.52. The van der Waals surface area contributed by atoms with Crippen LogP contribution in [0.25, 0.3) is 0 Å². The van der Waals surface area contributed by atoms with Gasteiger partial charge in [-0.1, -0.05) is 0 Å². The van der Waals surface area contributed by atoms with Crippen LogP contribution >= 0.6 is 0 Å². The van der Waals surface area contributed by atoms with E-state index < -0.39 is 11.9 Å². The number of hydrogen-bond acceptors (Lipinski definition) is 6. The molecule has 1 aromatic carbocycles. The zero-order valence-corrected chi connectivity index (χ0v) is 16.9. The number of carbonyl (C=O) groups excluding carboxylic acids is 1. The molecule has 29 heavy (non-hydrogen) atoms. The van der Waals surface area contributed by atoms with Crippen LogP contribution in [0.1, 0.15) is 19.8 Å². The number of amides is 1. The standard InChI is InChI=1S/C18H27N3O2.C2H2O4/c1-15(18(22)21-9-3-4-10-21)19-11-13-20(14-12-19)16-5-7-17(23-2)8-6-16;3-1(4)2(5)6/h5-8,15H,3-4,9-14H2,1-2H3;(H,3,4)(H,5,6). The normalized spacial score (nSPS) is 17.9. The summed E-state index contributed by atoms with van der Waals surface area (Å²) in [4.78, 5) is 37.4. The van der Waals surface area contributed by atoms with E-state index in [9.17, 15) is 4.79 Å². The van der Waals surface area contributed by atoms with Gasteiger partial charge in [-0.15, -0.1) is 0 Å². The number of carbonyl (C=O) groups is 3. The highest BCUT2D eigenvalue weighted by Crippen LogP contribution is 2.21. The molecule has 0 spiro atoms. The average Bonchev–Trinajstić information content (AvgIpc) is 3.28. The van der Waals surface area contributed by atoms with Crippen LogP contribution in [-0.4, -0.2) is 90.3 Å². The molecule has 9 nitrogen and oxygen atoms in total. The molecule has 9 heteroatoms. The summed E-state index contributed by atoms with van der Waals surface area (Å²) >= 11 is 0. The van der Waals surface area contributed by atoms with E-state index in [1.807, 2.05) is 17.0 Å². The highest BCUT2D eigenvalue weighted by Gasteiger charge is 2.29. The molecule has 0 radical (unpaired) electrons. The number of anilines is 1. The highest BCUT2D eigenvalue weighted by atomic mass is 16.5. The molecule has 0 bridgehead atoms. The molecule has 1 amide bonds. The van der Waals surface area contributed by atoms with Crippen LogP contribution in [0.4, 0.5) is 5.69 Å². The van der Waals surface area contributed by atoms with Crippen molar-refractivity contribution in [3.8, 4) is 5.75 Å². The zero-order valence-electron chi connectivity index (χ0n) is 16.9. The number of ether oxygens (including phenoxy) is 1. The van der Waals surface area contributed by atoms with Crippen molar-refractivity contribution in [1.29, 1.82) is 0 Å². The minimum atomic E-state index is -1.82. The predicted octanol–water partition coefficient (Wildman–Crippen LogP) is 0.984. The Morgan fingerprint density at radius 1 is 0.897 bits per heavy atom. The van der Waals surface area contributed by atoms with Crippen LogP contribution in [0.5, 0.6) is 5.75 Å². The van der Waals surface area contributed by atoms with Crippen LogP contribution < -0.4 is 9.64 Å². The number of benzene rings is 1. The van der Waals surface area contributed by atoms with E-state index in [0.29, 0.717) is 5.91 Å². The van der Waals surface area contributed by atoms with Crippen molar-refractivity contribution < 1.29 is 29.3 Å². The van der Waals surface area contributed by atoms with Gasteiger partial charge in [0.1, 0.15) is 5.75 Å². The lowest BCUT2D eigenvalue weighted by Gasteiger charge is -2.39. The molecule has 2 N–H and O–H groups in total. The third-order valence-electron chi connectivity index (χ3n) is 5.26. The van der Waals surface area contributed by atoms with E-state index in [2.05, 4.69) is 28.9 Å². The van der Waals surface area contributed by atoms with Gasteiger partial charge < -0.3 is 24.7 Å². The lowest BCUT2D eigenvalue weighted by molar-refractivity contribution is -0.159. The largest absolute Gasteiger partial charge is 0.497 e. The summed E-state index contributed by atoms with van der Waals surface area (Å²) in [6, 6.07) is 8.22. The number of hydrogen-bond donors (Lipinski definition) is 2. The van der Waals surface area contributed by atoms with Crippen molar-refractivity contribution in [3.05, 3.63) is 24.3 Å². The summed E-state index contributed by atoms with van der Waals surface area (Å²) < 4.78 is 5.21. The highest BCUT2D eigenvalue weighted by molar-refractivity contribution is 6.27. The number of piperazine rings is 1. The third kappa shape index (κ3) is 6.35. The Morgan fingerprint density at radius 3 is 1.86 bits per heavy atom. The first-order chi connectivity index (χ1) is 13.8. The SMILES string of the molecule is COc1ccc(N2CCN(C(C)C(=O)N3CCCC3)CC2)cc1.O=C(O)C(=O)O. The number of nitrogens with zero attached hydrogens (tertiary/aromatic N) is 3. The van der Waals surface area contributed by atoms with E-state index in [4.69, 9.17) is 24.5 Å². The maximum Gasteiger partial charge on any atom is 0.414 e. The summed E-state index contributed by atoms with van der Waals surface area (Å²) in [6.07, 6.45) is 2.31. The van der Waals surface area contributed by atoms with Gasteiger partial charge >= 0.3 is 11.9 Å². The second-order valence-electron chi connectivity index (χ2n) is 7.04. The van der Waals surface area contributed by atoms with Crippen molar-refractivity contribution in [3.63, 3.8) is 0 Å². The maximum absolute atomic E-state index is 12.5. The van der Waals surface area contributed by atoms with Crippen LogP contribution in [-0.2, 0) is 14.4 Å². The molecule has 1 atom stereocenters. The van der Waals surface area contributed by atoms with Gasteiger partial charge in [-0.3, -0.25) is 9.69 Å². The van der Waals surface area contributed by atoms with Gasteiger partial charge in [-0.05, 0) is 44.0 Å². The molecule has 0 saturated carbocycles. The molecule has 2 aliphatic heterocycles. The van der Waals surface area contributed by atoms with Gasteiger partial charge in [0.05, 0.1) is 13.2 Å². The van der Waals surface area contributed by atoms with Crippen LogP contribution in [0.2, 0.25) is 0 Å². The summed E-state index contributed by atoms with van der Waals surface area (Å²) in [5, 5.41) is 14.8. The van der Waals surface area contributed by atoms with Crippen molar-refractivity contribution in [2.45, 2.75) is 25.8 Å². The molecular formula is C20H29N3O6. The molecule has 3 rings (SSSR count). The lowest BCUT2D eigenvalue weighted by atomic mass is 10.2. The van der Waals surface area contributed by atoms with Crippen molar-refractivity contribution >= 4 is 23.5 Å². The van der Waals surface area contributed by atoms with E-state index in [-0.39, 0.29) is 6.04 Å². The second-order valence-corrected chi connectivity index (χ2v) is 7.04. The average molecular weight is 407 g/mol. The van der Waals surface area contributed by atoms with Crippen LogP contribution in [0, 0.1) is 0 Å². The maximum atomic E-state index is 12.5. The van der Waals surface area contributed by atoms with E-state index in [1.165, 1.54) is 5.69 Å². The van der Waals surface area contributed by atoms with Crippen LogP contribution in [0.15, 0.2) is 24.3 Å². The molecule has 1 unspecified atom stereocenters. The first-order valence-electron chi connectivity index (χ1n) is 9.71. The van der Waals surface area contributed by atoms with E-state index in [1.54, 1.807) is 7.11 Å². The topological polar surface area (TPSA) is 111 Å². The Morgan fingerprint density at radius 2 is 1.41 bits per heavy atom. The lowest BCUT2D eigenvalue weighted by Crippen LogP contribution is -2.54. The third-order valence-corrected chi connectivity index (χ3v) is 5.26. The number of methoxy groups -OCH3 is 1. The minimum Gasteiger partial charge on any atom is -0.497 e. The molecule has 2 fully saturated rings. The Hall–Kier alpha value is -2.81. The summed E-state index contributed by atoms with van der Waals surface area (Å²) in [6.45, 7) is 7.74. The number of carboxylic acid groups (broad SMARTS) is 2. The Kier molecular flexibility index (Phi) is 8.26. The van der Waals surface area contributed by atoms with E-state index >= 15 is 0 Å². The quantitative estimate of drug-likeness (QED) is 0.711. The Labute approximate surface area is 170 Å². The Balaban J connectivity index is 0.000000438. The number of aliphatic carboxylic acids is 2. The Bertz CT molecular complexity index is 683. The van der Waals surface area contributed by atoms with Gasteiger partial charge in [0.15, 0.2) is 0 Å². The summed E-state index contributed by atoms with van der Waals surface area (Å²) in [7, 11) is 1.69. The van der Waals surface area contributed by atoms with Gasteiger partial charge in [0.25, 0.3) is 0 Å². The van der Waals surface area contributed by atoms with E-state index in [0.717, 1.165) is 57.9 Å². The fraction of sp³-hybridized carbons (Fsp3) is 0.550. The molecule has 2 aliphatic rings. The fourth-order valence-electron chi connectivity index (χ4n) is 3.52. The molecule has 0 aromatic heterocycles. The number of likely N-dealkylation sites (tertiary alicyclic amines) is 1. The smallest absolute Gasteiger partial charge is 0.414 e. The molecule has 2 heterocycles. The number of carboxylic acids is 2. The molecule has 160 valence electrons. The monoisotopic (exact) mass is 407 g/mol. The van der Waals surface area contributed by atoms with Crippen molar-refractivity contribution in [2.24, 2.45) is 0 Å². The van der Waals surface area contributed by atoms with Gasteiger partial charge in [0.2, 0.25) is 5.91 Å². The summed E-state index contributed by atoms with van der Waals surface area (Å²) in [5.74, 6) is -2.46. The summed E-state index contributed by atoms with van der Waals surface area (Å²) in [5.41, 5.74) is 1.23. The number of rotatable bonds is 4. The first-order valence-corrected chi connectivity index (χ1v) is 9.71. The molecule has 2 saturated heterocycles. The molecule has 1 aromatic rings. The molecular weight excluding hydrogens is 378 g/mol. The van der Waals surface area contributed by atoms with Gasteiger partial charge in [-0.25, -0.2) is 9.59 Å². The van der Waals surface area contributed by atoms with Crippen molar-refractivity contribution in [1.82, 2.24) is 9.80 Å². The van der Waals surface area contributed by atoms with Crippen LogP contribution in [0.3, 0.4) is 0 Å². The zero-order chi connectivity index (χ0) is 21.4. The van der Waals surface area contributed by atoms with Crippen molar-refractivity contribution in [2.75, 3.05) is 51.3 Å². The first kappa shape index (κ1) is 22.5. The molecule has 0 aliphatic carbocycles. The van der Waals surface area contributed by atoms with Gasteiger partial charge in [0, 0.05) is 45.0 Å². The second kappa shape index (κ2) is 10.7. The minimum absolute atomic E-state index is 0.00566. The predicted molar refractivity (Wildman–Crippen MR) is 107 cm³/mol.